The monoisotopic (exact) mass is 436 g/mol. The smallest absolute Gasteiger partial charge is 0.407 e. The highest BCUT2D eigenvalue weighted by atomic mass is 16.5. The third kappa shape index (κ3) is 4.77. The van der Waals surface area contributed by atoms with Gasteiger partial charge in [-0.15, -0.1) is 0 Å². The van der Waals surface area contributed by atoms with Gasteiger partial charge >= 0.3 is 12.1 Å². The number of ether oxygens (including phenoxy) is 1. The van der Waals surface area contributed by atoms with Gasteiger partial charge in [-0.3, -0.25) is 9.59 Å². The van der Waals surface area contributed by atoms with E-state index >= 15 is 0 Å². The molecule has 1 atom stereocenters. The van der Waals surface area contributed by atoms with Crippen molar-refractivity contribution in [2.45, 2.75) is 38.1 Å². The Morgan fingerprint density at radius 3 is 2.19 bits per heavy atom. The highest BCUT2D eigenvalue weighted by molar-refractivity contribution is 5.85. The summed E-state index contributed by atoms with van der Waals surface area (Å²) < 4.78 is 5.48. The summed E-state index contributed by atoms with van der Waals surface area (Å²) in [6, 6.07) is 15.5. The zero-order chi connectivity index (χ0) is 22.7. The fraction of sp³-hybridized carbons (Fsp3) is 0.400. The molecule has 2 aromatic rings. The second-order valence-electron chi connectivity index (χ2n) is 8.74. The molecule has 168 valence electrons. The number of hydrogen-bond acceptors (Lipinski definition) is 4. The quantitative estimate of drug-likeness (QED) is 0.587. The van der Waals surface area contributed by atoms with Crippen LogP contribution in [0.25, 0.3) is 11.1 Å². The molecule has 0 unspecified atom stereocenters. The van der Waals surface area contributed by atoms with Crippen LogP contribution in [0.4, 0.5) is 4.79 Å². The number of fused-ring (bicyclic) bond motifs is 3. The minimum atomic E-state index is -0.779. The van der Waals surface area contributed by atoms with E-state index in [9.17, 15) is 14.4 Å². The van der Waals surface area contributed by atoms with Crippen molar-refractivity contribution in [2.24, 2.45) is 11.8 Å². The van der Waals surface area contributed by atoms with Gasteiger partial charge in [0, 0.05) is 18.9 Å². The van der Waals surface area contributed by atoms with Gasteiger partial charge in [0.1, 0.15) is 12.6 Å². The van der Waals surface area contributed by atoms with E-state index in [2.05, 4.69) is 34.9 Å². The molecule has 3 N–H and O–H groups in total. The van der Waals surface area contributed by atoms with Gasteiger partial charge in [-0.25, -0.2) is 4.79 Å². The van der Waals surface area contributed by atoms with E-state index in [1.807, 2.05) is 24.3 Å². The molecule has 0 aromatic heterocycles. The van der Waals surface area contributed by atoms with Crippen LogP contribution < -0.4 is 10.6 Å². The van der Waals surface area contributed by atoms with Crippen LogP contribution in [0, 0.1) is 11.8 Å². The predicted molar refractivity (Wildman–Crippen MR) is 119 cm³/mol. The van der Waals surface area contributed by atoms with E-state index in [0.29, 0.717) is 12.5 Å². The Kier molecular flexibility index (Phi) is 6.44. The molecule has 2 aliphatic rings. The molecule has 7 heteroatoms. The van der Waals surface area contributed by atoms with Gasteiger partial charge in [0.2, 0.25) is 5.91 Å². The Morgan fingerprint density at radius 2 is 1.59 bits per heavy atom. The lowest BCUT2D eigenvalue weighted by Crippen LogP contribution is -2.47. The average molecular weight is 437 g/mol. The van der Waals surface area contributed by atoms with Crippen LogP contribution in [-0.4, -0.2) is 42.3 Å². The summed E-state index contributed by atoms with van der Waals surface area (Å²) in [5.41, 5.74) is 4.58. The number of carbonyl (C=O) groups is 3. The van der Waals surface area contributed by atoms with Gasteiger partial charge in [-0.2, -0.15) is 0 Å². The molecule has 7 nitrogen and oxygen atoms in total. The number of amides is 2. The maximum absolute atomic E-state index is 12.3. The Hall–Kier alpha value is -3.35. The van der Waals surface area contributed by atoms with Crippen LogP contribution in [0.1, 0.15) is 43.2 Å². The Labute approximate surface area is 187 Å². The molecule has 0 bridgehead atoms. The average Bonchev–Trinajstić information content (AvgIpc) is 3.07. The third-order valence-corrected chi connectivity index (χ3v) is 6.43. The first-order valence-corrected chi connectivity index (χ1v) is 11.0. The van der Waals surface area contributed by atoms with Gasteiger partial charge in [0.05, 0.1) is 0 Å². The first kappa shape index (κ1) is 21.9. The summed E-state index contributed by atoms with van der Waals surface area (Å²) in [5, 5.41) is 14.2. The van der Waals surface area contributed by atoms with E-state index in [1.54, 1.807) is 6.92 Å². The number of rotatable bonds is 8. The van der Waals surface area contributed by atoms with Gasteiger partial charge in [0.25, 0.3) is 0 Å². The maximum Gasteiger partial charge on any atom is 0.407 e. The van der Waals surface area contributed by atoms with Crippen LogP contribution >= 0.6 is 0 Å². The normalized spacial score (nSPS) is 19.8. The number of nitrogens with one attached hydrogen (secondary N) is 2. The highest BCUT2D eigenvalue weighted by Gasteiger charge is 2.32. The summed E-state index contributed by atoms with van der Waals surface area (Å²) in [6.45, 7) is 2.30. The summed E-state index contributed by atoms with van der Waals surface area (Å²) in [5.74, 6) is -0.594. The Morgan fingerprint density at radius 1 is 1.00 bits per heavy atom. The molecule has 32 heavy (non-hydrogen) atoms. The lowest BCUT2D eigenvalue weighted by atomic mass is 9.73. The van der Waals surface area contributed by atoms with Crippen LogP contribution in [0.15, 0.2) is 48.5 Å². The van der Waals surface area contributed by atoms with Crippen LogP contribution in [-0.2, 0) is 14.3 Å². The van der Waals surface area contributed by atoms with Crippen LogP contribution in [0.5, 0.6) is 0 Å². The number of hydrogen-bond donors (Lipinski definition) is 3. The number of carbonyl (C=O) groups excluding carboxylic acids is 2. The van der Waals surface area contributed by atoms with Gasteiger partial charge in [-0.1, -0.05) is 48.5 Å². The number of alkyl carbamates (subject to hydrolysis) is 1. The van der Waals surface area contributed by atoms with Crippen molar-refractivity contribution in [2.75, 3.05) is 13.2 Å². The zero-order valence-electron chi connectivity index (χ0n) is 18.0. The molecule has 1 saturated carbocycles. The molecule has 0 radical (unpaired) electrons. The molecule has 1 fully saturated rings. The van der Waals surface area contributed by atoms with Gasteiger partial charge in [-0.05, 0) is 53.9 Å². The third-order valence-electron chi connectivity index (χ3n) is 6.43. The molecule has 0 spiro atoms. The second-order valence-corrected chi connectivity index (χ2v) is 8.74. The predicted octanol–water partition coefficient (Wildman–Crippen LogP) is 3.53. The largest absolute Gasteiger partial charge is 0.481 e. The first-order chi connectivity index (χ1) is 15.4. The zero-order valence-corrected chi connectivity index (χ0v) is 18.0. The molecule has 2 amide bonds. The summed E-state index contributed by atoms with van der Waals surface area (Å²) in [7, 11) is 0. The van der Waals surface area contributed by atoms with Crippen molar-refractivity contribution < 1.29 is 24.2 Å². The summed E-state index contributed by atoms with van der Waals surface area (Å²) in [6.07, 6.45) is 1.17. The topological polar surface area (TPSA) is 105 Å². The van der Waals surface area contributed by atoms with Crippen molar-refractivity contribution in [3.63, 3.8) is 0 Å². The fourth-order valence-electron chi connectivity index (χ4n) is 4.73. The lowest BCUT2D eigenvalue weighted by Gasteiger charge is -2.34. The van der Waals surface area contributed by atoms with Crippen molar-refractivity contribution in [1.29, 1.82) is 0 Å². The van der Waals surface area contributed by atoms with E-state index in [-0.39, 0.29) is 30.8 Å². The number of aliphatic carboxylic acids is 1. The van der Waals surface area contributed by atoms with Crippen molar-refractivity contribution in [3.05, 3.63) is 59.7 Å². The highest BCUT2D eigenvalue weighted by Crippen LogP contribution is 2.44. The standard InChI is InChI=1S/C25H28N2O5/c1-15(24(30)26-13-17-10-16(11-17)12-23(28)29)27-25(31)32-14-22-20-8-4-2-6-18(20)19-7-3-5-9-21(19)22/h2-9,15-17,22H,10-14H2,1H3,(H,26,30)(H,27,31)(H,28,29)/t15-,16?,17?/m1/s1. The molecular formula is C25H28N2O5. The van der Waals surface area contributed by atoms with Crippen molar-refractivity contribution >= 4 is 18.0 Å². The van der Waals surface area contributed by atoms with Crippen LogP contribution in [0.2, 0.25) is 0 Å². The first-order valence-electron chi connectivity index (χ1n) is 11.0. The number of carboxylic acid groups (broad SMARTS) is 1. The lowest BCUT2D eigenvalue weighted by molar-refractivity contribution is -0.139. The van der Waals surface area contributed by atoms with Crippen LogP contribution in [0.3, 0.4) is 0 Å². The summed E-state index contributed by atoms with van der Waals surface area (Å²) >= 11 is 0. The Bertz CT molecular complexity index is 969. The minimum Gasteiger partial charge on any atom is -0.481 e. The van der Waals surface area contributed by atoms with Crippen molar-refractivity contribution in [1.82, 2.24) is 10.6 Å². The maximum atomic E-state index is 12.3. The molecule has 2 aliphatic carbocycles. The number of carboxylic acids is 1. The van der Waals surface area contributed by atoms with E-state index in [0.717, 1.165) is 35.1 Å². The van der Waals surface area contributed by atoms with E-state index in [1.165, 1.54) is 0 Å². The molecular weight excluding hydrogens is 408 g/mol. The van der Waals surface area contributed by atoms with Crippen molar-refractivity contribution in [3.8, 4) is 11.1 Å². The van der Waals surface area contributed by atoms with Gasteiger partial charge in [0.15, 0.2) is 0 Å². The van der Waals surface area contributed by atoms with E-state index in [4.69, 9.17) is 9.84 Å². The van der Waals surface area contributed by atoms with Gasteiger partial charge < -0.3 is 20.5 Å². The minimum absolute atomic E-state index is 0.0327. The summed E-state index contributed by atoms with van der Waals surface area (Å²) in [4.78, 5) is 35.3. The van der Waals surface area contributed by atoms with E-state index < -0.39 is 18.1 Å². The molecule has 2 aromatic carbocycles. The molecule has 0 heterocycles. The Balaban J connectivity index is 1.23. The molecule has 0 aliphatic heterocycles. The second kappa shape index (κ2) is 9.42. The SMILES string of the molecule is C[C@@H](NC(=O)OCC1c2ccccc2-c2ccccc21)C(=O)NCC1CC(CC(=O)O)C1. The molecule has 4 rings (SSSR count). The molecule has 0 saturated heterocycles. The number of benzene rings is 2. The fourth-order valence-corrected chi connectivity index (χ4v) is 4.73.